The molecule has 5 heteroatoms. The van der Waals surface area contributed by atoms with Crippen molar-refractivity contribution >= 4 is 17.4 Å². The Bertz CT molecular complexity index is 603. The average Bonchev–Trinajstić information content (AvgIpc) is 2.63. The van der Waals surface area contributed by atoms with Crippen LogP contribution in [0.3, 0.4) is 0 Å². The van der Waals surface area contributed by atoms with Gasteiger partial charge >= 0.3 is 0 Å². The fourth-order valence-electron chi connectivity index (χ4n) is 1.76. The number of allylic oxidation sites excluding steroid dienone is 4. The first-order chi connectivity index (χ1) is 8.40. The van der Waals surface area contributed by atoms with E-state index < -0.39 is 17.4 Å². The number of carbonyl (C=O) groups is 1. The number of phenolic OH excluding ortho intramolecular Hbond substituents is 1. The highest BCUT2D eigenvalue weighted by Gasteiger charge is 2.24. The number of phenols is 1. The Balaban J connectivity index is 2.40. The molecular weight excluding hydrogens is 262 g/mol. The van der Waals surface area contributed by atoms with E-state index in [1.807, 2.05) is 0 Å². The number of ketones is 1. The molecule has 2 nitrogen and oxygen atoms in total. The van der Waals surface area contributed by atoms with E-state index >= 15 is 0 Å². The fourth-order valence-corrected chi connectivity index (χ4v) is 1.96. The van der Waals surface area contributed by atoms with Crippen molar-refractivity contribution in [3.05, 3.63) is 51.6 Å². The van der Waals surface area contributed by atoms with Crippen molar-refractivity contribution < 1.29 is 18.7 Å². The largest absolute Gasteiger partial charge is 0.507 e. The molecule has 0 saturated carbocycles. The van der Waals surface area contributed by atoms with Gasteiger partial charge in [0.15, 0.2) is 5.78 Å². The molecule has 1 aliphatic rings. The van der Waals surface area contributed by atoms with E-state index in [0.29, 0.717) is 0 Å². The second kappa shape index (κ2) is 4.53. The normalized spacial score (nSPS) is 15.0. The number of benzene rings is 1. The Kier molecular flexibility index (Phi) is 3.22. The molecular formula is C13H9ClF2O2. The summed E-state index contributed by atoms with van der Waals surface area (Å²) in [5.41, 5.74) is 0.159. The number of carbonyl (C=O) groups excluding carboxylic acids is 1. The summed E-state index contributed by atoms with van der Waals surface area (Å²) in [4.78, 5) is 12.0. The van der Waals surface area contributed by atoms with Crippen LogP contribution in [0.25, 0.3) is 0 Å². The van der Waals surface area contributed by atoms with Crippen molar-refractivity contribution in [2.75, 3.05) is 0 Å². The summed E-state index contributed by atoms with van der Waals surface area (Å²) in [6.07, 6.45) is 0.964. The van der Waals surface area contributed by atoms with Crippen molar-refractivity contribution in [2.45, 2.75) is 13.3 Å². The third-order valence-electron chi connectivity index (χ3n) is 2.71. The summed E-state index contributed by atoms with van der Waals surface area (Å²) in [7, 11) is 0. The van der Waals surface area contributed by atoms with Crippen LogP contribution < -0.4 is 0 Å². The van der Waals surface area contributed by atoms with Gasteiger partial charge < -0.3 is 5.11 Å². The van der Waals surface area contributed by atoms with Gasteiger partial charge in [0.05, 0.1) is 10.6 Å². The van der Waals surface area contributed by atoms with E-state index in [9.17, 15) is 18.7 Å². The maximum Gasteiger partial charge on any atom is 0.193 e. The van der Waals surface area contributed by atoms with Gasteiger partial charge in [-0.05, 0) is 30.7 Å². The third kappa shape index (κ3) is 2.16. The van der Waals surface area contributed by atoms with Gasteiger partial charge in [0.1, 0.15) is 17.4 Å². The van der Waals surface area contributed by atoms with Crippen LogP contribution >= 0.6 is 11.6 Å². The second-order valence-electron chi connectivity index (χ2n) is 4.05. The minimum absolute atomic E-state index is 0.0952. The molecule has 0 spiro atoms. The third-order valence-corrected chi connectivity index (χ3v) is 3.02. The highest BCUT2D eigenvalue weighted by molar-refractivity contribution is 6.32. The van der Waals surface area contributed by atoms with Crippen molar-refractivity contribution in [2.24, 2.45) is 0 Å². The van der Waals surface area contributed by atoms with Crippen molar-refractivity contribution in [1.29, 1.82) is 0 Å². The van der Waals surface area contributed by atoms with Gasteiger partial charge in [-0.3, -0.25) is 4.79 Å². The van der Waals surface area contributed by atoms with E-state index in [1.54, 1.807) is 0 Å². The Morgan fingerprint density at radius 3 is 2.61 bits per heavy atom. The second-order valence-corrected chi connectivity index (χ2v) is 4.45. The predicted octanol–water partition coefficient (Wildman–Crippen LogP) is 3.77. The van der Waals surface area contributed by atoms with Crippen molar-refractivity contribution in [1.82, 2.24) is 0 Å². The molecule has 1 N–H and O–H groups in total. The predicted molar refractivity (Wildman–Crippen MR) is 63.8 cm³/mol. The first-order valence-electron chi connectivity index (χ1n) is 5.18. The number of hydrogen-bond acceptors (Lipinski definition) is 2. The van der Waals surface area contributed by atoms with Crippen LogP contribution in [-0.4, -0.2) is 10.9 Å². The SMILES string of the molecule is Cc1cc(F)cc(C(=O)C2=CC(Cl)=C(F)C2)c1O. The van der Waals surface area contributed by atoms with Crippen LogP contribution in [0.4, 0.5) is 8.78 Å². The highest BCUT2D eigenvalue weighted by atomic mass is 35.5. The van der Waals surface area contributed by atoms with Gasteiger partial charge in [0.2, 0.25) is 0 Å². The van der Waals surface area contributed by atoms with Crippen LogP contribution in [0, 0.1) is 12.7 Å². The van der Waals surface area contributed by atoms with Crippen LogP contribution in [0.1, 0.15) is 22.3 Å². The van der Waals surface area contributed by atoms with Gasteiger partial charge in [-0.2, -0.15) is 0 Å². The van der Waals surface area contributed by atoms with Crippen LogP contribution in [0.5, 0.6) is 5.75 Å². The lowest BCUT2D eigenvalue weighted by molar-refractivity contribution is 0.102. The number of hydrogen-bond donors (Lipinski definition) is 1. The highest BCUT2D eigenvalue weighted by Crippen LogP contribution is 2.33. The lowest BCUT2D eigenvalue weighted by atomic mass is 9.99. The van der Waals surface area contributed by atoms with E-state index in [1.165, 1.54) is 13.0 Å². The molecule has 0 saturated heterocycles. The molecule has 0 atom stereocenters. The monoisotopic (exact) mass is 270 g/mol. The molecule has 1 aromatic carbocycles. The van der Waals surface area contributed by atoms with E-state index in [0.717, 1.165) is 12.1 Å². The molecule has 0 aliphatic heterocycles. The first-order valence-corrected chi connectivity index (χ1v) is 5.56. The Morgan fingerprint density at radius 1 is 1.39 bits per heavy atom. The van der Waals surface area contributed by atoms with Gasteiger partial charge in [-0.15, -0.1) is 0 Å². The quantitative estimate of drug-likeness (QED) is 0.831. The lowest BCUT2D eigenvalue weighted by Crippen LogP contribution is -2.04. The molecule has 18 heavy (non-hydrogen) atoms. The minimum atomic E-state index is -0.633. The molecule has 0 unspecified atom stereocenters. The fraction of sp³-hybridized carbons (Fsp3) is 0.154. The molecule has 0 heterocycles. The van der Waals surface area contributed by atoms with Crippen LogP contribution in [0.2, 0.25) is 0 Å². The summed E-state index contributed by atoms with van der Waals surface area (Å²) in [6, 6.07) is 2.04. The van der Waals surface area contributed by atoms with E-state index in [4.69, 9.17) is 11.6 Å². The zero-order chi connectivity index (χ0) is 13.4. The summed E-state index contributed by atoms with van der Waals surface area (Å²) in [5, 5.41) is 9.60. The Hall–Kier alpha value is -1.68. The molecule has 1 aliphatic carbocycles. The first kappa shape index (κ1) is 12.8. The molecule has 0 amide bonds. The number of aryl methyl sites for hydroxylation is 1. The minimum Gasteiger partial charge on any atom is -0.507 e. The average molecular weight is 271 g/mol. The van der Waals surface area contributed by atoms with Crippen molar-refractivity contribution in [3.63, 3.8) is 0 Å². The molecule has 0 bridgehead atoms. The zero-order valence-electron chi connectivity index (χ0n) is 9.43. The topological polar surface area (TPSA) is 37.3 Å². The van der Waals surface area contributed by atoms with Gasteiger partial charge in [-0.1, -0.05) is 11.6 Å². The summed E-state index contributed by atoms with van der Waals surface area (Å²) < 4.78 is 26.3. The molecule has 1 aromatic rings. The van der Waals surface area contributed by atoms with Crippen LogP contribution in [-0.2, 0) is 0 Å². The summed E-state index contributed by atoms with van der Waals surface area (Å²) in [6.45, 7) is 1.48. The number of rotatable bonds is 2. The van der Waals surface area contributed by atoms with E-state index in [2.05, 4.69) is 0 Å². The summed E-state index contributed by atoms with van der Waals surface area (Å²) >= 11 is 5.53. The van der Waals surface area contributed by atoms with Gasteiger partial charge in [0.25, 0.3) is 0 Å². The maximum atomic E-state index is 13.2. The summed E-state index contributed by atoms with van der Waals surface area (Å²) in [5.74, 6) is -2.16. The molecule has 94 valence electrons. The smallest absolute Gasteiger partial charge is 0.193 e. The maximum absolute atomic E-state index is 13.2. The van der Waals surface area contributed by atoms with Gasteiger partial charge in [0, 0.05) is 12.0 Å². The number of Topliss-reactive ketones (excluding diaryl/α,β-unsaturated/α-hetero) is 1. The van der Waals surface area contributed by atoms with Crippen LogP contribution in [0.15, 0.2) is 34.6 Å². The molecule has 0 aromatic heterocycles. The number of aromatic hydroxyl groups is 1. The Labute approximate surface area is 107 Å². The lowest BCUT2D eigenvalue weighted by Gasteiger charge is -2.07. The standard InChI is InChI=1S/C13H9ClF2O2/c1-6-2-8(15)5-9(12(6)17)13(18)7-3-10(14)11(16)4-7/h2-3,5,17H,4H2,1H3. The Morgan fingerprint density at radius 2 is 2.06 bits per heavy atom. The van der Waals surface area contributed by atoms with E-state index in [-0.39, 0.29) is 33.9 Å². The zero-order valence-corrected chi connectivity index (χ0v) is 10.2. The van der Waals surface area contributed by atoms with Gasteiger partial charge in [-0.25, -0.2) is 8.78 Å². The number of halogens is 3. The van der Waals surface area contributed by atoms with Crippen molar-refractivity contribution in [3.8, 4) is 5.75 Å². The molecule has 0 fully saturated rings. The molecule has 2 rings (SSSR count). The molecule has 0 radical (unpaired) electrons.